The third-order valence-corrected chi connectivity index (χ3v) is 5.02. The SMILES string of the molecule is Cc1cc(C(=O)N2CCC[C@@H](NC(=O)C3CCOC3C(C)C)C2)on1. The number of piperidine rings is 1. The fourth-order valence-corrected chi connectivity index (χ4v) is 3.76. The van der Waals surface area contributed by atoms with Crippen molar-refractivity contribution in [1.29, 1.82) is 0 Å². The standard InChI is InChI=1S/C18H27N3O4/c1-11(2)16-14(6-8-24-16)17(22)19-13-5-4-7-21(10-13)18(23)15-9-12(3)20-25-15/h9,11,13-14,16H,4-8,10H2,1-3H3,(H,19,22)/t13-,14?,16?/m1/s1. The number of likely N-dealkylation sites (tertiary alicyclic amines) is 1. The van der Waals surface area contributed by atoms with E-state index in [1.54, 1.807) is 17.9 Å². The molecule has 1 N–H and O–H groups in total. The van der Waals surface area contributed by atoms with Crippen molar-refractivity contribution in [1.82, 2.24) is 15.4 Å². The molecule has 0 bridgehead atoms. The van der Waals surface area contributed by atoms with Gasteiger partial charge >= 0.3 is 0 Å². The molecule has 7 nitrogen and oxygen atoms in total. The number of rotatable bonds is 4. The minimum atomic E-state index is -0.163. The van der Waals surface area contributed by atoms with Gasteiger partial charge in [-0.15, -0.1) is 0 Å². The maximum absolute atomic E-state index is 12.7. The molecule has 0 spiro atoms. The van der Waals surface area contributed by atoms with E-state index in [0.29, 0.717) is 31.3 Å². The van der Waals surface area contributed by atoms with E-state index >= 15 is 0 Å². The van der Waals surface area contributed by atoms with Crippen LogP contribution in [-0.2, 0) is 9.53 Å². The van der Waals surface area contributed by atoms with E-state index in [0.717, 1.165) is 19.3 Å². The van der Waals surface area contributed by atoms with Gasteiger partial charge in [-0.3, -0.25) is 9.59 Å². The van der Waals surface area contributed by atoms with Crippen LogP contribution in [0.3, 0.4) is 0 Å². The van der Waals surface area contributed by atoms with Crippen molar-refractivity contribution in [2.24, 2.45) is 11.8 Å². The molecule has 2 amide bonds. The topological polar surface area (TPSA) is 84.7 Å². The Hall–Kier alpha value is -1.89. The number of aryl methyl sites for hydroxylation is 1. The molecule has 1 aromatic heterocycles. The summed E-state index contributed by atoms with van der Waals surface area (Å²) in [5.74, 6) is 0.365. The lowest BCUT2D eigenvalue weighted by molar-refractivity contribution is -0.128. The van der Waals surface area contributed by atoms with Crippen molar-refractivity contribution in [3.8, 4) is 0 Å². The zero-order valence-corrected chi connectivity index (χ0v) is 15.2. The lowest BCUT2D eigenvalue weighted by atomic mass is 9.91. The summed E-state index contributed by atoms with van der Waals surface area (Å²) >= 11 is 0. The summed E-state index contributed by atoms with van der Waals surface area (Å²) in [6.45, 7) is 7.76. The van der Waals surface area contributed by atoms with E-state index in [9.17, 15) is 9.59 Å². The Morgan fingerprint density at radius 3 is 2.84 bits per heavy atom. The molecular weight excluding hydrogens is 322 g/mol. The van der Waals surface area contributed by atoms with Gasteiger partial charge in [0.05, 0.1) is 17.7 Å². The number of ether oxygens (including phenoxy) is 1. The van der Waals surface area contributed by atoms with Crippen LogP contribution in [0.15, 0.2) is 10.6 Å². The molecule has 2 aliphatic heterocycles. The van der Waals surface area contributed by atoms with Gasteiger partial charge in [0, 0.05) is 31.8 Å². The molecule has 2 unspecified atom stereocenters. The Kier molecular flexibility index (Phi) is 5.42. The van der Waals surface area contributed by atoms with E-state index in [-0.39, 0.29) is 35.6 Å². The van der Waals surface area contributed by atoms with Crippen LogP contribution in [-0.4, -0.2) is 53.7 Å². The van der Waals surface area contributed by atoms with Gasteiger partial charge in [0.2, 0.25) is 11.7 Å². The highest BCUT2D eigenvalue weighted by Crippen LogP contribution is 2.27. The summed E-state index contributed by atoms with van der Waals surface area (Å²) in [7, 11) is 0. The van der Waals surface area contributed by atoms with E-state index in [1.165, 1.54) is 0 Å². The molecule has 3 rings (SSSR count). The van der Waals surface area contributed by atoms with Gasteiger partial charge in [-0.25, -0.2) is 0 Å². The van der Waals surface area contributed by atoms with Crippen LogP contribution in [0.2, 0.25) is 0 Å². The van der Waals surface area contributed by atoms with Crippen LogP contribution >= 0.6 is 0 Å². The van der Waals surface area contributed by atoms with Gasteiger partial charge in [-0.05, 0) is 32.1 Å². The number of aromatic nitrogens is 1. The van der Waals surface area contributed by atoms with E-state index in [4.69, 9.17) is 9.26 Å². The van der Waals surface area contributed by atoms with Gasteiger partial charge < -0.3 is 19.5 Å². The second-order valence-electron chi connectivity index (χ2n) is 7.41. The molecule has 0 radical (unpaired) electrons. The van der Waals surface area contributed by atoms with Crippen LogP contribution in [0, 0.1) is 18.8 Å². The minimum Gasteiger partial charge on any atom is -0.377 e. The van der Waals surface area contributed by atoms with Crippen LogP contribution in [0.5, 0.6) is 0 Å². The molecule has 2 aliphatic rings. The monoisotopic (exact) mass is 349 g/mol. The van der Waals surface area contributed by atoms with Crippen molar-refractivity contribution in [3.63, 3.8) is 0 Å². The van der Waals surface area contributed by atoms with Crippen LogP contribution < -0.4 is 5.32 Å². The summed E-state index contributed by atoms with van der Waals surface area (Å²) in [5, 5.41) is 6.90. The fraction of sp³-hybridized carbons (Fsp3) is 0.722. The van der Waals surface area contributed by atoms with E-state index in [1.807, 2.05) is 0 Å². The summed E-state index contributed by atoms with van der Waals surface area (Å²) in [5.41, 5.74) is 0.686. The Morgan fingerprint density at radius 2 is 2.16 bits per heavy atom. The molecule has 7 heteroatoms. The summed E-state index contributed by atoms with van der Waals surface area (Å²) < 4.78 is 10.8. The van der Waals surface area contributed by atoms with Gasteiger partial charge in [0.15, 0.2) is 0 Å². The van der Waals surface area contributed by atoms with Gasteiger partial charge in [-0.2, -0.15) is 0 Å². The number of amides is 2. The second kappa shape index (κ2) is 7.56. The fourth-order valence-electron chi connectivity index (χ4n) is 3.76. The first-order chi connectivity index (χ1) is 12.0. The van der Waals surface area contributed by atoms with Crippen molar-refractivity contribution in [3.05, 3.63) is 17.5 Å². The van der Waals surface area contributed by atoms with Crippen molar-refractivity contribution < 1.29 is 18.8 Å². The third kappa shape index (κ3) is 4.03. The molecule has 2 fully saturated rings. The molecule has 138 valence electrons. The number of nitrogens with one attached hydrogen (secondary N) is 1. The number of nitrogens with zero attached hydrogens (tertiary/aromatic N) is 2. The summed E-state index contributed by atoms with van der Waals surface area (Å²) in [6, 6.07) is 1.62. The average Bonchev–Trinajstić information content (AvgIpc) is 3.23. The quantitative estimate of drug-likeness (QED) is 0.895. The molecule has 0 aliphatic carbocycles. The molecule has 3 heterocycles. The largest absolute Gasteiger partial charge is 0.377 e. The Balaban J connectivity index is 1.58. The predicted molar refractivity (Wildman–Crippen MR) is 91.0 cm³/mol. The lowest BCUT2D eigenvalue weighted by Crippen LogP contribution is -2.51. The Morgan fingerprint density at radius 1 is 1.36 bits per heavy atom. The Labute approximate surface area is 148 Å². The highest BCUT2D eigenvalue weighted by molar-refractivity contribution is 5.91. The zero-order chi connectivity index (χ0) is 18.0. The van der Waals surface area contributed by atoms with E-state index < -0.39 is 0 Å². The molecule has 25 heavy (non-hydrogen) atoms. The second-order valence-corrected chi connectivity index (χ2v) is 7.41. The maximum Gasteiger partial charge on any atom is 0.292 e. The zero-order valence-electron chi connectivity index (χ0n) is 15.2. The third-order valence-electron chi connectivity index (χ3n) is 5.02. The minimum absolute atomic E-state index is 0.0153. The predicted octanol–water partition coefficient (Wildman–Crippen LogP) is 1.76. The van der Waals surface area contributed by atoms with Gasteiger partial charge in [0.1, 0.15) is 0 Å². The van der Waals surface area contributed by atoms with Crippen LogP contribution in [0.1, 0.15) is 49.4 Å². The highest BCUT2D eigenvalue weighted by Gasteiger charge is 2.37. The van der Waals surface area contributed by atoms with Crippen molar-refractivity contribution in [2.75, 3.05) is 19.7 Å². The lowest BCUT2D eigenvalue weighted by Gasteiger charge is -2.33. The highest BCUT2D eigenvalue weighted by atomic mass is 16.5. The normalized spacial score (nSPS) is 26.9. The van der Waals surface area contributed by atoms with Gasteiger partial charge in [0.25, 0.3) is 5.91 Å². The number of hydrogen-bond donors (Lipinski definition) is 1. The molecule has 2 saturated heterocycles. The molecule has 1 aromatic rings. The number of carbonyl (C=O) groups is 2. The number of hydrogen-bond acceptors (Lipinski definition) is 5. The van der Waals surface area contributed by atoms with Crippen molar-refractivity contribution in [2.45, 2.75) is 52.2 Å². The van der Waals surface area contributed by atoms with E-state index in [2.05, 4.69) is 24.3 Å². The average molecular weight is 349 g/mol. The Bertz CT molecular complexity index is 628. The maximum atomic E-state index is 12.7. The first-order valence-corrected chi connectivity index (χ1v) is 9.10. The molecular formula is C18H27N3O4. The summed E-state index contributed by atoms with van der Waals surface area (Å²) in [4.78, 5) is 26.9. The molecule has 0 saturated carbocycles. The van der Waals surface area contributed by atoms with Crippen LogP contribution in [0.4, 0.5) is 0 Å². The first kappa shape index (κ1) is 17.9. The van der Waals surface area contributed by atoms with Gasteiger partial charge in [-0.1, -0.05) is 19.0 Å². The molecule has 0 aromatic carbocycles. The van der Waals surface area contributed by atoms with Crippen molar-refractivity contribution >= 4 is 11.8 Å². The first-order valence-electron chi connectivity index (χ1n) is 9.10. The smallest absolute Gasteiger partial charge is 0.292 e. The van der Waals surface area contributed by atoms with Crippen LogP contribution in [0.25, 0.3) is 0 Å². The molecule has 3 atom stereocenters. The number of carbonyl (C=O) groups excluding carboxylic acids is 2. The summed E-state index contributed by atoms with van der Waals surface area (Å²) in [6.07, 6.45) is 2.49.